The van der Waals surface area contributed by atoms with Gasteiger partial charge in [-0.3, -0.25) is 4.98 Å². The van der Waals surface area contributed by atoms with E-state index in [1.807, 2.05) is 12.1 Å². The van der Waals surface area contributed by atoms with Crippen LogP contribution in [0, 0.1) is 0 Å². The minimum atomic E-state index is 0.344. The summed E-state index contributed by atoms with van der Waals surface area (Å²) in [6, 6.07) is 3.70. The zero-order valence-electron chi connectivity index (χ0n) is 7.18. The number of anilines is 2. The molecule has 0 radical (unpaired) electrons. The van der Waals surface area contributed by atoms with E-state index in [9.17, 15) is 0 Å². The predicted molar refractivity (Wildman–Crippen MR) is 54.6 cm³/mol. The second-order valence-electron chi connectivity index (χ2n) is 2.56. The molecule has 0 aromatic carbocycles. The predicted octanol–water partition coefficient (Wildman–Crippen LogP) is 2.27. The van der Waals surface area contributed by atoms with Gasteiger partial charge in [0.2, 0.25) is 0 Å². The first kappa shape index (κ1) is 8.90. The van der Waals surface area contributed by atoms with Gasteiger partial charge in [-0.1, -0.05) is 11.6 Å². The van der Waals surface area contributed by atoms with Crippen molar-refractivity contribution in [3.8, 4) is 0 Å². The summed E-state index contributed by atoms with van der Waals surface area (Å²) < 4.78 is 0. The Labute approximate surface area is 86.0 Å². The van der Waals surface area contributed by atoms with Gasteiger partial charge >= 0.3 is 0 Å². The molecule has 0 unspecified atom stereocenters. The van der Waals surface area contributed by atoms with Gasteiger partial charge in [-0.25, -0.2) is 9.97 Å². The fourth-order valence-electron chi connectivity index (χ4n) is 0.978. The van der Waals surface area contributed by atoms with Crippen LogP contribution in [0.5, 0.6) is 0 Å². The number of nitrogens with one attached hydrogen (secondary N) is 1. The Balaban J connectivity index is 2.24. The molecule has 0 aliphatic carbocycles. The molecule has 0 aliphatic heterocycles. The average molecular weight is 207 g/mol. The lowest BCUT2D eigenvalue weighted by atomic mass is 10.4. The fraction of sp³-hybridized carbons (Fsp3) is 0. The van der Waals surface area contributed by atoms with E-state index in [0.29, 0.717) is 11.0 Å². The van der Waals surface area contributed by atoms with Crippen LogP contribution >= 0.6 is 11.6 Å². The smallest absolute Gasteiger partial charge is 0.171 e. The highest BCUT2D eigenvalue weighted by atomic mass is 35.5. The van der Waals surface area contributed by atoms with Crippen molar-refractivity contribution >= 4 is 23.1 Å². The molecule has 5 heteroatoms. The number of halogens is 1. The van der Waals surface area contributed by atoms with E-state index < -0.39 is 0 Å². The SMILES string of the molecule is Clc1nccnc1Nc1cccnc1. The van der Waals surface area contributed by atoms with Gasteiger partial charge in [0.25, 0.3) is 0 Å². The lowest BCUT2D eigenvalue weighted by molar-refractivity contribution is 1.19. The maximum absolute atomic E-state index is 5.82. The van der Waals surface area contributed by atoms with Gasteiger partial charge in [0.15, 0.2) is 11.0 Å². The van der Waals surface area contributed by atoms with Crippen LogP contribution in [0.4, 0.5) is 11.5 Å². The molecule has 2 heterocycles. The molecule has 1 N–H and O–H groups in total. The van der Waals surface area contributed by atoms with Crippen LogP contribution in [0.3, 0.4) is 0 Å². The Morgan fingerprint density at radius 1 is 1.14 bits per heavy atom. The highest BCUT2D eigenvalue weighted by molar-refractivity contribution is 6.31. The highest BCUT2D eigenvalue weighted by Crippen LogP contribution is 2.18. The van der Waals surface area contributed by atoms with Crippen LogP contribution in [-0.4, -0.2) is 15.0 Å². The molecule has 2 rings (SSSR count). The minimum Gasteiger partial charge on any atom is -0.336 e. The molecule has 0 saturated heterocycles. The topological polar surface area (TPSA) is 50.7 Å². The molecule has 0 amide bonds. The molecule has 0 fully saturated rings. The molecule has 14 heavy (non-hydrogen) atoms. The van der Waals surface area contributed by atoms with Gasteiger partial charge in [-0.15, -0.1) is 0 Å². The summed E-state index contributed by atoms with van der Waals surface area (Å²) in [6.45, 7) is 0. The zero-order chi connectivity index (χ0) is 9.80. The van der Waals surface area contributed by atoms with Crippen LogP contribution in [-0.2, 0) is 0 Å². The van der Waals surface area contributed by atoms with E-state index >= 15 is 0 Å². The van der Waals surface area contributed by atoms with Gasteiger partial charge in [0.1, 0.15) is 0 Å². The summed E-state index contributed by atoms with van der Waals surface area (Å²) in [5, 5.41) is 3.35. The number of hydrogen-bond donors (Lipinski definition) is 1. The Kier molecular flexibility index (Phi) is 2.55. The Bertz CT molecular complexity index is 418. The summed E-state index contributed by atoms with van der Waals surface area (Å²) >= 11 is 5.82. The molecule has 4 nitrogen and oxygen atoms in total. The maximum Gasteiger partial charge on any atom is 0.171 e. The maximum atomic E-state index is 5.82. The second kappa shape index (κ2) is 4.02. The van der Waals surface area contributed by atoms with E-state index in [0.717, 1.165) is 5.69 Å². The van der Waals surface area contributed by atoms with E-state index in [1.165, 1.54) is 6.20 Å². The average Bonchev–Trinajstić information content (AvgIpc) is 2.23. The van der Waals surface area contributed by atoms with Crippen molar-refractivity contribution in [2.75, 3.05) is 5.32 Å². The molecular weight excluding hydrogens is 200 g/mol. The van der Waals surface area contributed by atoms with Crippen LogP contribution in [0.2, 0.25) is 5.15 Å². The Morgan fingerprint density at radius 2 is 2.00 bits per heavy atom. The van der Waals surface area contributed by atoms with Crippen molar-refractivity contribution in [2.24, 2.45) is 0 Å². The number of aromatic nitrogens is 3. The number of rotatable bonds is 2. The standard InChI is InChI=1S/C9H7ClN4/c10-8-9(13-5-4-12-8)14-7-2-1-3-11-6-7/h1-6H,(H,13,14). The monoisotopic (exact) mass is 206 g/mol. The molecular formula is C9H7ClN4. The molecule has 2 aromatic rings. The normalized spacial score (nSPS) is 9.79. The molecule has 2 aromatic heterocycles. The van der Waals surface area contributed by atoms with Gasteiger partial charge in [0, 0.05) is 18.6 Å². The molecule has 70 valence electrons. The summed E-state index contributed by atoms with van der Waals surface area (Å²) in [5.74, 6) is 0.530. The molecule has 0 aliphatic rings. The van der Waals surface area contributed by atoms with Crippen molar-refractivity contribution in [3.05, 3.63) is 42.1 Å². The van der Waals surface area contributed by atoms with Gasteiger partial charge in [-0.05, 0) is 12.1 Å². The van der Waals surface area contributed by atoms with Crippen molar-refractivity contribution in [1.82, 2.24) is 15.0 Å². The van der Waals surface area contributed by atoms with Crippen molar-refractivity contribution in [2.45, 2.75) is 0 Å². The Morgan fingerprint density at radius 3 is 2.71 bits per heavy atom. The van der Waals surface area contributed by atoms with E-state index in [4.69, 9.17) is 11.6 Å². The van der Waals surface area contributed by atoms with Crippen LogP contribution in [0.15, 0.2) is 36.9 Å². The van der Waals surface area contributed by atoms with Crippen LogP contribution < -0.4 is 5.32 Å². The summed E-state index contributed by atoms with van der Waals surface area (Å²) in [4.78, 5) is 11.9. The molecule has 0 spiro atoms. The third-order valence-corrected chi connectivity index (χ3v) is 1.85. The largest absolute Gasteiger partial charge is 0.336 e. The first-order chi connectivity index (χ1) is 6.86. The lowest BCUT2D eigenvalue weighted by Crippen LogP contribution is -1.95. The number of hydrogen-bond acceptors (Lipinski definition) is 4. The van der Waals surface area contributed by atoms with Gasteiger partial charge in [0.05, 0.1) is 11.9 Å². The van der Waals surface area contributed by atoms with Gasteiger partial charge in [-0.2, -0.15) is 0 Å². The van der Waals surface area contributed by atoms with Crippen molar-refractivity contribution in [1.29, 1.82) is 0 Å². The summed E-state index contributed by atoms with van der Waals surface area (Å²) in [7, 11) is 0. The second-order valence-corrected chi connectivity index (χ2v) is 2.92. The number of nitrogens with zero attached hydrogens (tertiary/aromatic N) is 3. The first-order valence-electron chi connectivity index (χ1n) is 4.00. The highest BCUT2D eigenvalue weighted by Gasteiger charge is 2.01. The van der Waals surface area contributed by atoms with E-state index in [2.05, 4.69) is 20.3 Å². The third-order valence-electron chi connectivity index (χ3n) is 1.58. The van der Waals surface area contributed by atoms with E-state index in [1.54, 1.807) is 18.6 Å². The van der Waals surface area contributed by atoms with Crippen molar-refractivity contribution in [3.63, 3.8) is 0 Å². The minimum absolute atomic E-state index is 0.344. The summed E-state index contributed by atoms with van der Waals surface area (Å²) in [6.07, 6.45) is 6.50. The molecule has 0 atom stereocenters. The quantitative estimate of drug-likeness (QED) is 0.819. The molecule has 0 saturated carbocycles. The zero-order valence-corrected chi connectivity index (χ0v) is 7.94. The Hall–Kier alpha value is -1.68. The van der Waals surface area contributed by atoms with Crippen LogP contribution in [0.1, 0.15) is 0 Å². The first-order valence-corrected chi connectivity index (χ1v) is 4.37. The summed E-state index contributed by atoms with van der Waals surface area (Å²) in [5.41, 5.74) is 0.829. The van der Waals surface area contributed by atoms with Crippen molar-refractivity contribution < 1.29 is 0 Å². The number of pyridine rings is 1. The van der Waals surface area contributed by atoms with Gasteiger partial charge < -0.3 is 5.32 Å². The molecule has 0 bridgehead atoms. The van der Waals surface area contributed by atoms with Crippen LogP contribution in [0.25, 0.3) is 0 Å². The van der Waals surface area contributed by atoms with E-state index in [-0.39, 0.29) is 0 Å². The fourth-order valence-corrected chi connectivity index (χ4v) is 1.13. The lowest BCUT2D eigenvalue weighted by Gasteiger charge is -2.04. The third kappa shape index (κ3) is 1.97.